The van der Waals surface area contributed by atoms with Crippen molar-refractivity contribution in [3.05, 3.63) is 66.2 Å². The Morgan fingerprint density at radius 1 is 0.862 bits per heavy atom. The molecular weight excluding hydrogens is 360 g/mol. The Hall–Kier alpha value is -3.28. The molecule has 0 radical (unpaired) electrons. The molecule has 0 aliphatic heterocycles. The van der Waals surface area contributed by atoms with Crippen molar-refractivity contribution >= 4 is 17.0 Å². The van der Waals surface area contributed by atoms with Gasteiger partial charge in [-0.15, -0.1) is 5.10 Å². The molecule has 29 heavy (non-hydrogen) atoms. The highest BCUT2D eigenvalue weighted by molar-refractivity contribution is 5.84. The Bertz CT molecular complexity index is 1080. The second kappa shape index (κ2) is 7.99. The Morgan fingerprint density at radius 2 is 1.59 bits per heavy atom. The first kappa shape index (κ1) is 17.8. The highest BCUT2D eigenvalue weighted by atomic mass is 15.5. The van der Waals surface area contributed by atoms with Crippen LogP contribution >= 0.6 is 0 Å². The standard InChI is InChI=1S/C23H24N6/c1-4-10-17(11-5-1)16-24-22-20-23(26-21(25-22)18-12-6-2-7-13-18)29(28-27-20)19-14-8-3-9-15-19/h1-2,4-7,10-13,19H,3,8-9,14-16H2,(H,24,25,26). The maximum atomic E-state index is 4.88. The molecule has 1 aliphatic carbocycles. The highest BCUT2D eigenvalue weighted by Crippen LogP contribution is 2.31. The molecule has 1 saturated carbocycles. The molecule has 0 saturated heterocycles. The number of hydrogen-bond donors (Lipinski definition) is 1. The van der Waals surface area contributed by atoms with Crippen LogP contribution in [-0.2, 0) is 6.54 Å². The molecule has 2 heterocycles. The van der Waals surface area contributed by atoms with Gasteiger partial charge in [0.25, 0.3) is 0 Å². The molecule has 1 N–H and O–H groups in total. The van der Waals surface area contributed by atoms with Crippen LogP contribution in [0.15, 0.2) is 60.7 Å². The number of anilines is 1. The Kier molecular flexibility index (Phi) is 4.90. The van der Waals surface area contributed by atoms with E-state index in [0.29, 0.717) is 18.4 Å². The monoisotopic (exact) mass is 384 g/mol. The quantitative estimate of drug-likeness (QED) is 0.524. The van der Waals surface area contributed by atoms with Gasteiger partial charge in [-0.2, -0.15) is 0 Å². The molecule has 146 valence electrons. The Labute approximate surface area is 170 Å². The fraction of sp³-hybridized carbons (Fsp3) is 0.304. The Balaban J connectivity index is 1.57. The van der Waals surface area contributed by atoms with Gasteiger partial charge in [-0.05, 0) is 18.4 Å². The number of rotatable bonds is 5. The van der Waals surface area contributed by atoms with Crippen molar-refractivity contribution in [3.8, 4) is 11.4 Å². The van der Waals surface area contributed by atoms with E-state index < -0.39 is 0 Å². The lowest BCUT2D eigenvalue weighted by Crippen LogP contribution is -2.15. The maximum absolute atomic E-state index is 4.88. The van der Waals surface area contributed by atoms with Crippen molar-refractivity contribution < 1.29 is 0 Å². The van der Waals surface area contributed by atoms with Crippen molar-refractivity contribution in [1.29, 1.82) is 0 Å². The van der Waals surface area contributed by atoms with E-state index in [9.17, 15) is 0 Å². The Morgan fingerprint density at radius 3 is 2.34 bits per heavy atom. The fourth-order valence-corrected chi connectivity index (χ4v) is 4.02. The smallest absolute Gasteiger partial charge is 0.184 e. The van der Waals surface area contributed by atoms with Crippen LogP contribution in [0.2, 0.25) is 0 Å². The second-order valence-corrected chi connectivity index (χ2v) is 7.60. The summed E-state index contributed by atoms with van der Waals surface area (Å²) in [6, 6.07) is 20.8. The first-order valence-electron chi connectivity index (χ1n) is 10.3. The summed E-state index contributed by atoms with van der Waals surface area (Å²) in [6.07, 6.45) is 6.05. The molecule has 1 fully saturated rings. The molecule has 6 heteroatoms. The van der Waals surface area contributed by atoms with Gasteiger partial charge in [-0.1, -0.05) is 85.1 Å². The number of aromatic nitrogens is 5. The molecule has 1 aliphatic rings. The maximum Gasteiger partial charge on any atom is 0.184 e. The zero-order chi connectivity index (χ0) is 19.5. The van der Waals surface area contributed by atoms with Gasteiger partial charge in [0.15, 0.2) is 22.8 Å². The van der Waals surface area contributed by atoms with Crippen molar-refractivity contribution in [1.82, 2.24) is 25.0 Å². The molecule has 0 bridgehead atoms. The van der Waals surface area contributed by atoms with Gasteiger partial charge in [0.2, 0.25) is 0 Å². The fourth-order valence-electron chi connectivity index (χ4n) is 4.02. The molecule has 0 spiro atoms. The van der Waals surface area contributed by atoms with E-state index in [4.69, 9.17) is 9.97 Å². The third-order valence-electron chi connectivity index (χ3n) is 5.58. The van der Waals surface area contributed by atoms with Gasteiger partial charge in [-0.25, -0.2) is 14.6 Å². The van der Waals surface area contributed by atoms with Crippen LogP contribution in [0.1, 0.15) is 43.7 Å². The predicted molar refractivity (Wildman–Crippen MR) is 114 cm³/mol. The second-order valence-electron chi connectivity index (χ2n) is 7.60. The van der Waals surface area contributed by atoms with Gasteiger partial charge < -0.3 is 5.32 Å². The van der Waals surface area contributed by atoms with E-state index >= 15 is 0 Å². The van der Waals surface area contributed by atoms with E-state index in [1.165, 1.54) is 24.8 Å². The minimum atomic E-state index is 0.370. The van der Waals surface area contributed by atoms with Crippen LogP contribution in [0, 0.1) is 0 Å². The van der Waals surface area contributed by atoms with Gasteiger partial charge in [-0.3, -0.25) is 0 Å². The molecule has 2 aromatic heterocycles. The summed E-state index contributed by atoms with van der Waals surface area (Å²) < 4.78 is 2.02. The zero-order valence-electron chi connectivity index (χ0n) is 16.3. The summed E-state index contributed by atoms with van der Waals surface area (Å²) in [6.45, 7) is 0.678. The number of nitrogens with zero attached hydrogens (tertiary/aromatic N) is 5. The number of fused-ring (bicyclic) bond motifs is 1. The minimum absolute atomic E-state index is 0.370. The molecule has 6 nitrogen and oxygen atoms in total. The number of benzene rings is 2. The number of nitrogens with one attached hydrogen (secondary N) is 1. The predicted octanol–water partition coefficient (Wildman–Crippen LogP) is 5.01. The van der Waals surface area contributed by atoms with E-state index in [-0.39, 0.29) is 0 Å². The van der Waals surface area contributed by atoms with Crippen LogP contribution in [0.4, 0.5) is 5.82 Å². The molecule has 2 aromatic carbocycles. The van der Waals surface area contributed by atoms with Crippen LogP contribution in [0.3, 0.4) is 0 Å². The lowest BCUT2D eigenvalue weighted by atomic mass is 9.96. The van der Waals surface area contributed by atoms with E-state index in [1.54, 1.807) is 0 Å². The van der Waals surface area contributed by atoms with Crippen molar-refractivity contribution in [3.63, 3.8) is 0 Å². The first-order chi connectivity index (χ1) is 14.4. The molecule has 0 atom stereocenters. The van der Waals surface area contributed by atoms with Crippen LogP contribution < -0.4 is 5.32 Å². The SMILES string of the molecule is c1ccc(CNc2nc(-c3ccccc3)nc3c2nnn3C2CCCCC2)cc1. The van der Waals surface area contributed by atoms with E-state index in [2.05, 4.69) is 27.8 Å². The lowest BCUT2D eigenvalue weighted by molar-refractivity contribution is 0.330. The molecule has 5 rings (SSSR count). The molecular formula is C23H24N6. The van der Waals surface area contributed by atoms with E-state index in [0.717, 1.165) is 35.4 Å². The van der Waals surface area contributed by atoms with Gasteiger partial charge >= 0.3 is 0 Å². The lowest BCUT2D eigenvalue weighted by Gasteiger charge is -2.21. The van der Waals surface area contributed by atoms with E-state index in [1.807, 2.05) is 53.2 Å². The van der Waals surface area contributed by atoms with Gasteiger partial charge in [0.05, 0.1) is 6.04 Å². The summed E-state index contributed by atoms with van der Waals surface area (Å²) in [7, 11) is 0. The highest BCUT2D eigenvalue weighted by Gasteiger charge is 2.22. The third-order valence-corrected chi connectivity index (χ3v) is 5.58. The zero-order valence-corrected chi connectivity index (χ0v) is 16.3. The van der Waals surface area contributed by atoms with Crippen LogP contribution in [0.5, 0.6) is 0 Å². The molecule has 4 aromatic rings. The van der Waals surface area contributed by atoms with Gasteiger partial charge in [0.1, 0.15) is 0 Å². The first-order valence-corrected chi connectivity index (χ1v) is 10.3. The summed E-state index contributed by atoms with van der Waals surface area (Å²) in [5.41, 5.74) is 3.75. The normalized spacial score (nSPS) is 14.9. The van der Waals surface area contributed by atoms with Crippen molar-refractivity contribution in [2.45, 2.75) is 44.7 Å². The van der Waals surface area contributed by atoms with Crippen LogP contribution in [-0.4, -0.2) is 25.0 Å². The molecule has 0 unspecified atom stereocenters. The third kappa shape index (κ3) is 3.70. The van der Waals surface area contributed by atoms with Crippen molar-refractivity contribution in [2.24, 2.45) is 0 Å². The largest absolute Gasteiger partial charge is 0.364 e. The average molecular weight is 384 g/mol. The summed E-state index contributed by atoms with van der Waals surface area (Å²) >= 11 is 0. The van der Waals surface area contributed by atoms with Crippen LogP contribution in [0.25, 0.3) is 22.6 Å². The minimum Gasteiger partial charge on any atom is -0.364 e. The summed E-state index contributed by atoms with van der Waals surface area (Å²) in [5.74, 6) is 1.44. The average Bonchev–Trinajstić information content (AvgIpc) is 3.23. The van der Waals surface area contributed by atoms with Crippen molar-refractivity contribution in [2.75, 3.05) is 5.32 Å². The summed E-state index contributed by atoms with van der Waals surface area (Å²) in [4.78, 5) is 9.69. The molecule has 0 amide bonds. The van der Waals surface area contributed by atoms with Gasteiger partial charge in [0, 0.05) is 12.1 Å². The number of hydrogen-bond acceptors (Lipinski definition) is 5. The summed E-state index contributed by atoms with van der Waals surface area (Å²) in [5, 5.41) is 12.4. The topological polar surface area (TPSA) is 68.5 Å².